The molecule has 1 fully saturated rings. The number of hydrogen-bond acceptors (Lipinski definition) is 6. The van der Waals surface area contributed by atoms with E-state index >= 15 is 0 Å². The molecule has 1 N–H and O–H groups in total. The van der Waals surface area contributed by atoms with Crippen molar-refractivity contribution < 1.29 is 45.3 Å². The number of hydrogen-bond donors (Lipinski definition) is 1. The molecule has 1 saturated heterocycles. The number of imide groups is 1. The van der Waals surface area contributed by atoms with Gasteiger partial charge in [0.1, 0.15) is 18.2 Å². The van der Waals surface area contributed by atoms with Crippen LogP contribution >= 0.6 is 11.8 Å². The Labute approximate surface area is 200 Å². The molecule has 0 aliphatic carbocycles. The van der Waals surface area contributed by atoms with E-state index in [-0.39, 0.29) is 47.7 Å². The molecule has 1 aliphatic heterocycles. The zero-order valence-electron chi connectivity index (χ0n) is 17.5. The van der Waals surface area contributed by atoms with Crippen LogP contribution in [0.2, 0.25) is 0 Å². The van der Waals surface area contributed by atoms with Crippen LogP contribution in [0.5, 0.6) is 5.75 Å². The minimum atomic E-state index is -0.384. The molecule has 4 rings (SSSR count). The van der Waals surface area contributed by atoms with Crippen LogP contribution in [-0.4, -0.2) is 27.3 Å². The Hall–Kier alpha value is -2.39. The topological polar surface area (TPSA) is 90.3 Å². The van der Waals surface area contributed by atoms with E-state index in [9.17, 15) is 14.4 Å². The minimum Gasteiger partial charge on any atom is -1.00 e. The molecule has 1 aromatic heterocycles. The molecule has 0 bridgehead atoms. The van der Waals surface area contributed by atoms with Crippen molar-refractivity contribution in [3.63, 3.8) is 0 Å². The summed E-state index contributed by atoms with van der Waals surface area (Å²) in [6.45, 7) is 2.50. The van der Waals surface area contributed by atoms with Crippen molar-refractivity contribution in [1.29, 1.82) is 0 Å². The summed E-state index contributed by atoms with van der Waals surface area (Å²) in [7, 11) is 0. The summed E-state index contributed by atoms with van der Waals surface area (Å²) >= 11 is 0.880. The molecule has 0 atom stereocenters. The van der Waals surface area contributed by atoms with Gasteiger partial charge in [-0.05, 0) is 54.6 Å². The van der Waals surface area contributed by atoms with Crippen molar-refractivity contribution in [2.75, 3.05) is 6.61 Å². The van der Waals surface area contributed by atoms with Crippen molar-refractivity contribution in [2.24, 2.45) is 0 Å². The number of carbonyl (C=O) groups excluding carboxylic acids is 2. The maximum atomic E-state index is 12.7. The second-order valence-electron chi connectivity index (χ2n) is 6.40. The molecule has 0 unspecified atom stereocenters. The van der Waals surface area contributed by atoms with Gasteiger partial charge in [0.25, 0.3) is 16.7 Å². The Morgan fingerprint density at radius 3 is 2.57 bits per heavy atom. The SMILES string of the molecule is Cc1nc2ccccc2c(=O)n1CCOc1ccc(/C=C2/SC(=O)NC2=O)cc1.[H-].[Na+]. The van der Waals surface area contributed by atoms with Gasteiger partial charge in [-0.25, -0.2) is 4.98 Å². The van der Waals surface area contributed by atoms with E-state index in [0.29, 0.717) is 40.5 Å². The zero-order valence-corrected chi connectivity index (χ0v) is 19.4. The van der Waals surface area contributed by atoms with E-state index in [1.807, 2.05) is 18.2 Å². The van der Waals surface area contributed by atoms with Gasteiger partial charge in [-0.2, -0.15) is 0 Å². The molecule has 148 valence electrons. The molecule has 0 spiro atoms. The summed E-state index contributed by atoms with van der Waals surface area (Å²) in [6.07, 6.45) is 1.65. The average molecular weight is 431 g/mol. The van der Waals surface area contributed by atoms with Crippen LogP contribution in [0.3, 0.4) is 0 Å². The Bertz CT molecular complexity index is 1210. The summed E-state index contributed by atoms with van der Waals surface area (Å²) in [5.74, 6) is 0.900. The average Bonchev–Trinajstić information content (AvgIpc) is 3.02. The number of carbonyl (C=O) groups is 2. The first-order valence-corrected chi connectivity index (χ1v) is 9.77. The molecule has 0 radical (unpaired) electrons. The molecule has 2 heterocycles. The van der Waals surface area contributed by atoms with Gasteiger partial charge in [-0.3, -0.25) is 24.3 Å². The first-order valence-electron chi connectivity index (χ1n) is 8.95. The van der Waals surface area contributed by atoms with E-state index < -0.39 is 0 Å². The number of rotatable bonds is 5. The largest absolute Gasteiger partial charge is 1.00 e. The molecule has 30 heavy (non-hydrogen) atoms. The van der Waals surface area contributed by atoms with Gasteiger partial charge in [-0.15, -0.1) is 0 Å². The fraction of sp³-hybridized carbons (Fsp3) is 0.143. The van der Waals surface area contributed by atoms with Gasteiger partial charge in [0.2, 0.25) is 0 Å². The summed E-state index contributed by atoms with van der Waals surface area (Å²) < 4.78 is 7.35. The van der Waals surface area contributed by atoms with Gasteiger partial charge in [-0.1, -0.05) is 24.3 Å². The van der Waals surface area contributed by atoms with Gasteiger partial charge < -0.3 is 6.16 Å². The second-order valence-corrected chi connectivity index (χ2v) is 7.42. The van der Waals surface area contributed by atoms with Crippen molar-refractivity contribution >= 4 is 39.9 Å². The second kappa shape index (κ2) is 9.61. The third-order valence-corrected chi connectivity index (χ3v) is 5.27. The maximum absolute atomic E-state index is 12.7. The van der Waals surface area contributed by atoms with Crippen LogP contribution in [0, 0.1) is 6.92 Å². The van der Waals surface area contributed by atoms with Crippen LogP contribution in [-0.2, 0) is 11.3 Å². The summed E-state index contributed by atoms with van der Waals surface area (Å²) in [6, 6.07) is 14.4. The zero-order chi connectivity index (χ0) is 20.4. The monoisotopic (exact) mass is 431 g/mol. The summed E-state index contributed by atoms with van der Waals surface area (Å²) in [4.78, 5) is 40.3. The Balaban J connectivity index is 0.00000171. The molecule has 1 aliphatic rings. The Morgan fingerprint density at radius 2 is 1.87 bits per heavy atom. The number of ether oxygens (including phenoxy) is 1. The van der Waals surface area contributed by atoms with Crippen LogP contribution in [0.1, 0.15) is 12.8 Å². The third kappa shape index (κ3) is 4.84. The molecule has 2 amide bonds. The number of nitrogens with zero attached hydrogens (tertiary/aromatic N) is 2. The number of aryl methyl sites for hydroxylation is 1. The minimum absolute atomic E-state index is 0. The van der Waals surface area contributed by atoms with Crippen molar-refractivity contribution in [3.8, 4) is 5.75 Å². The number of fused-ring (bicyclic) bond motifs is 1. The first kappa shape index (κ1) is 22.3. The predicted octanol–water partition coefficient (Wildman–Crippen LogP) is 0.224. The quantitative estimate of drug-likeness (QED) is 0.459. The Morgan fingerprint density at radius 1 is 1.13 bits per heavy atom. The molecule has 2 aromatic carbocycles. The van der Waals surface area contributed by atoms with Crippen LogP contribution in [0.4, 0.5) is 4.79 Å². The van der Waals surface area contributed by atoms with E-state index in [2.05, 4.69) is 10.3 Å². The molecule has 7 nitrogen and oxygen atoms in total. The molecule has 3 aromatic rings. The van der Waals surface area contributed by atoms with Gasteiger partial charge >= 0.3 is 29.6 Å². The standard InChI is InChI=1S/C21H17N3O4S.Na.H/c1-13-22-17-5-3-2-4-16(17)20(26)24(13)10-11-28-15-8-6-14(7-9-15)12-18-19(25)23-21(27)29-18;;/h2-9,12H,10-11H2,1H3,(H,23,25,27);;/q;+1;-1/b18-12+;;. The smallest absolute Gasteiger partial charge is 1.00 e. The van der Waals surface area contributed by atoms with Crippen molar-refractivity contribution in [1.82, 2.24) is 14.9 Å². The molecule has 9 heteroatoms. The van der Waals surface area contributed by atoms with E-state index in [4.69, 9.17) is 4.74 Å². The number of aromatic nitrogens is 2. The van der Waals surface area contributed by atoms with E-state index in [0.717, 1.165) is 17.3 Å². The van der Waals surface area contributed by atoms with Gasteiger partial charge in [0, 0.05) is 0 Å². The van der Waals surface area contributed by atoms with Crippen molar-refractivity contribution in [3.05, 3.63) is 75.2 Å². The first-order chi connectivity index (χ1) is 14.0. The molecular weight excluding hydrogens is 413 g/mol. The number of para-hydroxylation sites is 1. The number of benzene rings is 2. The van der Waals surface area contributed by atoms with Crippen LogP contribution in [0.15, 0.2) is 58.2 Å². The Kier molecular flexibility index (Phi) is 7.14. The number of thioether (sulfide) groups is 1. The van der Waals surface area contributed by atoms with E-state index in [1.165, 1.54) is 0 Å². The van der Waals surface area contributed by atoms with E-state index in [1.54, 1.807) is 47.9 Å². The van der Waals surface area contributed by atoms with Crippen LogP contribution in [0.25, 0.3) is 17.0 Å². The summed E-state index contributed by atoms with van der Waals surface area (Å²) in [5.41, 5.74) is 1.39. The van der Waals surface area contributed by atoms with Crippen molar-refractivity contribution in [2.45, 2.75) is 13.5 Å². The predicted molar refractivity (Wildman–Crippen MR) is 113 cm³/mol. The summed E-state index contributed by atoms with van der Waals surface area (Å²) in [5, 5.41) is 2.44. The van der Waals surface area contributed by atoms with Gasteiger partial charge in [0.15, 0.2) is 0 Å². The fourth-order valence-corrected chi connectivity index (χ4v) is 3.71. The molecular formula is C21H18N3NaO4S. The molecule has 0 saturated carbocycles. The fourth-order valence-electron chi connectivity index (χ4n) is 3.03. The maximum Gasteiger partial charge on any atom is 1.00 e. The normalized spacial score (nSPS) is 14.6. The third-order valence-electron chi connectivity index (χ3n) is 4.46. The number of amides is 2. The van der Waals surface area contributed by atoms with Gasteiger partial charge in [0.05, 0.1) is 22.4 Å². The van der Waals surface area contributed by atoms with Crippen LogP contribution < -0.4 is 45.2 Å². The number of nitrogens with one attached hydrogen (secondary N) is 1.